The van der Waals surface area contributed by atoms with Gasteiger partial charge in [0, 0.05) is 15.2 Å². The van der Waals surface area contributed by atoms with Gasteiger partial charge in [-0.15, -0.1) is 0 Å². The molecule has 0 amide bonds. The van der Waals surface area contributed by atoms with Gasteiger partial charge in [-0.3, -0.25) is 4.79 Å². The van der Waals surface area contributed by atoms with E-state index in [4.69, 9.17) is 4.74 Å². The third kappa shape index (κ3) is 3.53. The second-order valence-electron chi connectivity index (χ2n) is 3.75. The third-order valence-corrected chi connectivity index (χ3v) is 3.07. The number of carbonyl (C=O) groups excluding carboxylic acids is 1. The molecule has 0 N–H and O–H groups in total. The summed E-state index contributed by atoms with van der Waals surface area (Å²) in [6.45, 7) is 0.346. The Bertz CT molecular complexity index is 552. The third-order valence-electron chi connectivity index (χ3n) is 2.35. The summed E-state index contributed by atoms with van der Waals surface area (Å²) in [7, 11) is 0. The van der Waals surface area contributed by atoms with E-state index in [0.717, 1.165) is 9.13 Å². The van der Waals surface area contributed by atoms with Gasteiger partial charge in [-0.05, 0) is 52.4 Å². The molecule has 2 rings (SSSR count). The highest BCUT2D eigenvalue weighted by atomic mass is 127. The van der Waals surface area contributed by atoms with Crippen molar-refractivity contribution in [1.82, 2.24) is 0 Å². The van der Waals surface area contributed by atoms with Crippen molar-refractivity contribution >= 4 is 28.9 Å². The zero-order valence-electron chi connectivity index (χ0n) is 9.40. The average Bonchev–Trinajstić information content (AvgIpc) is 2.37. The molecule has 0 radical (unpaired) electrons. The van der Waals surface area contributed by atoms with Crippen LogP contribution in [0.4, 0.5) is 4.39 Å². The van der Waals surface area contributed by atoms with Crippen LogP contribution >= 0.6 is 22.6 Å². The maximum absolute atomic E-state index is 13.2. The molecule has 92 valence electrons. The molecule has 0 spiro atoms. The van der Waals surface area contributed by atoms with Gasteiger partial charge in [0.25, 0.3) is 0 Å². The molecule has 2 aromatic carbocycles. The van der Waals surface area contributed by atoms with Gasteiger partial charge in [-0.1, -0.05) is 12.1 Å². The lowest BCUT2D eigenvalue weighted by Gasteiger charge is -2.07. The summed E-state index contributed by atoms with van der Waals surface area (Å²) in [6.07, 6.45) is 0.598. The van der Waals surface area contributed by atoms with E-state index in [0.29, 0.717) is 18.6 Å². The van der Waals surface area contributed by atoms with Gasteiger partial charge in [0.1, 0.15) is 24.5 Å². The van der Waals surface area contributed by atoms with Crippen molar-refractivity contribution in [2.45, 2.75) is 6.61 Å². The number of ether oxygens (including phenoxy) is 1. The number of hydrogen-bond acceptors (Lipinski definition) is 2. The molecule has 0 atom stereocenters. The number of hydrogen-bond donors (Lipinski definition) is 0. The topological polar surface area (TPSA) is 26.3 Å². The molecule has 0 saturated carbocycles. The smallest absolute Gasteiger partial charge is 0.150 e. The van der Waals surface area contributed by atoms with Crippen molar-refractivity contribution in [2.75, 3.05) is 0 Å². The molecule has 2 nitrogen and oxygen atoms in total. The first kappa shape index (κ1) is 13.0. The van der Waals surface area contributed by atoms with Gasteiger partial charge in [0.05, 0.1) is 0 Å². The lowest BCUT2D eigenvalue weighted by molar-refractivity contribution is 0.112. The van der Waals surface area contributed by atoms with Crippen molar-refractivity contribution in [3.05, 3.63) is 63.0 Å². The van der Waals surface area contributed by atoms with E-state index in [1.165, 1.54) is 18.2 Å². The largest absolute Gasteiger partial charge is 0.489 e. The van der Waals surface area contributed by atoms with Crippen LogP contribution in [-0.2, 0) is 6.61 Å². The average molecular weight is 356 g/mol. The Kier molecular flexibility index (Phi) is 4.30. The van der Waals surface area contributed by atoms with Crippen molar-refractivity contribution in [1.29, 1.82) is 0 Å². The predicted molar refractivity (Wildman–Crippen MR) is 75.3 cm³/mol. The summed E-state index contributed by atoms with van der Waals surface area (Å²) >= 11 is 2.22. The van der Waals surface area contributed by atoms with Gasteiger partial charge in [-0.2, -0.15) is 0 Å². The molecule has 0 aliphatic carbocycles. The quantitative estimate of drug-likeness (QED) is 0.615. The Morgan fingerprint density at radius 2 is 1.89 bits per heavy atom. The second kappa shape index (κ2) is 5.95. The zero-order valence-corrected chi connectivity index (χ0v) is 11.6. The van der Waals surface area contributed by atoms with Crippen molar-refractivity contribution in [3.8, 4) is 5.75 Å². The van der Waals surface area contributed by atoms with Gasteiger partial charge in [0.15, 0.2) is 0 Å². The number of carbonyl (C=O) groups is 1. The summed E-state index contributed by atoms with van der Waals surface area (Å²) < 4.78 is 19.8. The van der Waals surface area contributed by atoms with E-state index < -0.39 is 5.82 Å². The number of benzene rings is 2. The summed E-state index contributed by atoms with van der Waals surface area (Å²) in [5.74, 6) is -0.118. The van der Waals surface area contributed by atoms with Crippen LogP contribution in [0, 0.1) is 9.39 Å². The molecule has 0 fully saturated rings. The van der Waals surface area contributed by atoms with Crippen LogP contribution in [0.25, 0.3) is 0 Å². The van der Waals surface area contributed by atoms with Crippen LogP contribution in [0.5, 0.6) is 5.75 Å². The minimum atomic E-state index is -0.475. The van der Waals surface area contributed by atoms with E-state index in [9.17, 15) is 9.18 Å². The first-order valence-corrected chi connectivity index (χ1v) is 6.38. The summed E-state index contributed by atoms with van der Waals surface area (Å²) in [4.78, 5) is 10.6. The lowest BCUT2D eigenvalue weighted by Crippen LogP contribution is -1.96. The SMILES string of the molecule is O=Cc1cc(F)cc(OCc2ccc(I)cc2)c1. The Morgan fingerprint density at radius 3 is 2.56 bits per heavy atom. The van der Waals surface area contributed by atoms with Gasteiger partial charge < -0.3 is 4.74 Å². The fourth-order valence-electron chi connectivity index (χ4n) is 1.48. The molecular weight excluding hydrogens is 346 g/mol. The molecule has 0 saturated heterocycles. The minimum absolute atomic E-state index is 0.271. The molecule has 0 aliphatic heterocycles. The van der Waals surface area contributed by atoms with E-state index >= 15 is 0 Å². The van der Waals surface area contributed by atoms with Crippen LogP contribution in [0.1, 0.15) is 15.9 Å². The maximum atomic E-state index is 13.2. The highest BCUT2D eigenvalue weighted by Gasteiger charge is 2.02. The fraction of sp³-hybridized carbons (Fsp3) is 0.0714. The van der Waals surface area contributed by atoms with Crippen LogP contribution in [-0.4, -0.2) is 6.29 Å². The van der Waals surface area contributed by atoms with Gasteiger partial charge in [0.2, 0.25) is 0 Å². The van der Waals surface area contributed by atoms with Crippen LogP contribution in [0.2, 0.25) is 0 Å². The Balaban J connectivity index is 2.08. The minimum Gasteiger partial charge on any atom is -0.489 e. The normalized spacial score (nSPS) is 10.1. The van der Waals surface area contributed by atoms with Gasteiger partial charge >= 0.3 is 0 Å². The molecule has 0 unspecified atom stereocenters. The Labute approximate surface area is 118 Å². The van der Waals surface area contributed by atoms with Crippen LogP contribution in [0.3, 0.4) is 0 Å². The second-order valence-corrected chi connectivity index (χ2v) is 5.00. The van der Waals surface area contributed by atoms with Crippen LogP contribution in [0.15, 0.2) is 42.5 Å². The standard InChI is InChI=1S/C14H10FIO2/c15-12-5-11(8-17)6-14(7-12)18-9-10-1-3-13(16)4-2-10/h1-8H,9H2. The summed E-state index contributed by atoms with van der Waals surface area (Å²) in [5.41, 5.74) is 1.26. The van der Waals surface area contributed by atoms with Crippen molar-refractivity contribution in [3.63, 3.8) is 0 Å². The number of halogens is 2. The summed E-state index contributed by atoms with van der Waals surface area (Å²) in [5, 5.41) is 0. The molecule has 18 heavy (non-hydrogen) atoms. The lowest BCUT2D eigenvalue weighted by atomic mass is 10.2. The molecular formula is C14H10FIO2. The van der Waals surface area contributed by atoms with Gasteiger partial charge in [-0.25, -0.2) is 4.39 Å². The van der Waals surface area contributed by atoms with E-state index in [1.54, 1.807) is 0 Å². The van der Waals surface area contributed by atoms with E-state index in [1.807, 2.05) is 24.3 Å². The molecule has 2 aromatic rings. The first-order chi connectivity index (χ1) is 8.67. The van der Waals surface area contributed by atoms with E-state index in [2.05, 4.69) is 22.6 Å². The maximum Gasteiger partial charge on any atom is 0.150 e. The Morgan fingerprint density at radius 1 is 1.17 bits per heavy atom. The van der Waals surface area contributed by atoms with Crippen molar-refractivity contribution < 1.29 is 13.9 Å². The predicted octanol–water partition coefficient (Wildman–Crippen LogP) is 3.82. The number of rotatable bonds is 4. The molecule has 0 heterocycles. The highest BCUT2D eigenvalue weighted by molar-refractivity contribution is 14.1. The molecule has 0 bridgehead atoms. The molecule has 0 aromatic heterocycles. The zero-order chi connectivity index (χ0) is 13.0. The fourth-order valence-corrected chi connectivity index (χ4v) is 1.84. The molecule has 0 aliphatic rings. The van der Waals surface area contributed by atoms with Crippen molar-refractivity contribution in [2.24, 2.45) is 0 Å². The number of aldehydes is 1. The highest BCUT2D eigenvalue weighted by Crippen LogP contribution is 2.17. The summed E-state index contributed by atoms with van der Waals surface area (Å²) in [6, 6.07) is 11.8. The molecule has 4 heteroatoms. The Hall–Kier alpha value is -1.43. The monoisotopic (exact) mass is 356 g/mol. The first-order valence-electron chi connectivity index (χ1n) is 5.30. The van der Waals surface area contributed by atoms with Crippen LogP contribution < -0.4 is 4.74 Å². The van der Waals surface area contributed by atoms with E-state index in [-0.39, 0.29) is 5.56 Å².